The van der Waals surface area contributed by atoms with E-state index >= 15 is 0 Å². The number of benzene rings is 1. The molecule has 0 amide bonds. The maximum absolute atomic E-state index is 5.97. The van der Waals surface area contributed by atoms with Gasteiger partial charge in [-0.05, 0) is 52.1 Å². The Hall–Kier alpha value is -1.28. The van der Waals surface area contributed by atoms with E-state index in [1.54, 1.807) is 0 Å². The van der Waals surface area contributed by atoms with E-state index in [1.165, 1.54) is 24.0 Å². The molecule has 1 N–H and O–H groups in total. The highest BCUT2D eigenvalue weighted by Gasteiger charge is 2.11. The van der Waals surface area contributed by atoms with Gasteiger partial charge in [-0.15, -0.1) is 6.58 Å². The van der Waals surface area contributed by atoms with Crippen molar-refractivity contribution in [2.45, 2.75) is 52.5 Å². The molecule has 0 saturated heterocycles. The lowest BCUT2D eigenvalue weighted by Crippen LogP contribution is -2.18. The first kappa shape index (κ1) is 16.8. The first-order valence-electron chi connectivity index (χ1n) is 7.76. The van der Waals surface area contributed by atoms with Gasteiger partial charge in [-0.1, -0.05) is 30.7 Å². The Morgan fingerprint density at radius 2 is 2.10 bits per heavy atom. The van der Waals surface area contributed by atoms with Crippen molar-refractivity contribution in [2.75, 3.05) is 13.2 Å². The molecule has 0 fully saturated rings. The van der Waals surface area contributed by atoms with Crippen molar-refractivity contribution in [1.82, 2.24) is 5.32 Å². The summed E-state index contributed by atoms with van der Waals surface area (Å²) in [6.07, 6.45) is 6.61. The Labute approximate surface area is 124 Å². The van der Waals surface area contributed by atoms with Gasteiger partial charge in [-0.2, -0.15) is 0 Å². The van der Waals surface area contributed by atoms with Crippen molar-refractivity contribution in [1.29, 1.82) is 0 Å². The van der Waals surface area contributed by atoms with Crippen molar-refractivity contribution >= 4 is 0 Å². The van der Waals surface area contributed by atoms with Gasteiger partial charge < -0.3 is 10.1 Å². The maximum atomic E-state index is 5.97. The largest absolute Gasteiger partial charge is 0.493 e. The number of ether oxygens (including phenoxy) is 1. The summed E-state index contributed by atoms with van der Waals surface area (Å²) in [7, 11) is 0. The van der Waals surface area contributed by atoms with Gasteiger partial charge in [0.15, 0.2) is 0 Å². The van der Waals surface area contributed by atoms with Gasteiger partial charge in [0.05, 0.1) is 6.61 Å². The molecule has 0 radical (unpaired) electrons. The first-order chi connectivity index (χ1) is 9.69. The zero-order valence-electron chi connectivity index (χ0n) is 13.2. The van der Waals surface area contributed by atoms with Gasteiger partial charge >= 0.3 is 0 Å². The molecule has 1 aromatic carbocycles. The molecule has 2 nitrogen and oxygen atoms in total. The summed E-state index contributed by atoms with van der Waals surface area (Å²) in [4.78, 5) is 0. The van der Waals surface area contributed by atoms with Crippen LogP contribution < -0.4 is 10.1 Å². The average molecular weight is 275 g/mol. The van der Waals surface area contributed by atoms with Gasteiger partial charge in [0, 0.05) is 11.6 Å². The summed E-state index contributed by atoms with van der Waals surface area (Å²) in [6, 6.07) is 6.77. The van der Waals surface area contributed by atoms with Crippen molar-refractivity contribution in [3.05, 3.63) is 42.0 Å². The fourth-order valence-corrected chi connectivity index (χ4v) is 2.30. The van der Waals surface area contributed by atoms with Gasteiger partial charge in [-0.3, -0.25) is 0 Å². The minimum absolute atomic E-state index is 0.329. The Morgan fingerprint density at radius 3 is 2.80 bits per heavy atom. The molecule has 0 saturated carbocycles. The molecule has 2 heteroatoms. The van der Waals surface area contributed by atoms with Gasteiger partial charge in [0.2, 0.25) is 0 Å². The van der Waals surface area contributed by atoms with Crippen LogP contribution in [0.4, 0.5) is 0 Å². The normalized spacial score (nSPS) is 12.2. The third-order valence-corrected chi connectivity index (χ3v) is 3.45. The predicted octanol–water partition coefficient (Wildman–Crippen LogP) is 4.79. The molecule has 1 aromatic rings. The van der Waals surface area contributed by atoms with Crippen LogP contribution in [0.25, 0.3) is 0 Å². The molecule has 0 heterocycles. The van der Waals surface area contributed by atoms with E-state index in [2.05, 4.69) is 50.9 Å². The van der Waals surface area contributed by atoms with Crippen LogP contribution in [-0.4, -0.2) is 13.2 Å². The Bertz CT molecular complexity index is 400. The van der Waals surface area contributed by atoms with E-state index in [1.807, 2.05) is 6.08 Å². The van der Waals surface area contributed by atoms with Crippen molar-refractivity contribution < 1.29 is 4.74 Å². The Kier molecular flexibility index (Phi) is 8.05. The quantitative estimate of drug-likeness (QED) is 0.489. The van der Waals surface area contributed by atoms with Crippen LogP contribution >= 0.6 is 0 Å². The van der Waals surface area contributed by atoms with Crippen LogP contribution in [0.2, 0.25) is 0 Å². The highest BCUT2D eigenvalue weighted by Crippen LogP contribution is 2.26. The van der Waals surface area contributed by atoms with E-state index in [9.17, 15) is 0 Å². The van der Waals surface area contributed by atoms with Crippen LogP contribution in [-0.2, 0) is 0 Å². The van der Waals surface area contributed by atoms with E-state index in [4.69, 9.17) is 4.74 Å². The standard InChI is InChI=1S/C18H29NO/c1-5-7-8-9-10-13-20-18-12-11-15(3)14-17(18)16(4)19-6-2/h5,11-12,14,16,19H,1,6-10,13H2,2-4H3. The highest BCUT2D eigenvalue weighted by molar-refractivity contribution is 5.38. The number of rotatable bonds is 10. The average Bonchev–Trinajstić information content (AvgIpc) is 2.44. The van der Waals surface area contributed by atoms with Gasteiger partial charge in [0.25, 0.3) is 0 Å². The van der Waals surface area contributed by atoms with Crippen LogP contribution in [0.5, 0.6) is 5.75 Å². The van der Waals surface area contributed by atoms with Crippen LogP contribution in [0, 0.1) is 6.92 Å². The highest BCUT2D eigenvalue weighted by atomic mass is 16.5. The fraction of sp³-hybridized carbons (Fsp3) is 0.556. The lowest BCUT2D eigenvalue weighted by atomic mass is 10.0. The summed E-state index contributed by atoms with van der Waals surface area (Å²) in [5, 5.41) is 3.46. The minimum atomic E-state index is 0.329. The molecule has 0 spiro atoms. The first-order valence-corrected chi connectivity index (χ1v) is 7.76. The van der Waals surface area contributed by atoms with E-state index < -0.39 is 0 Å². The van der Waals surface area contributed by atoms with Gasteiger partial charge in [-0.25, -0.2) is 0 Å². The zero-order valence-corrected chi connectivity index (χ0v) is 13.2. The Morgan fingerprint density at radius 1 is 1.30 bits per heavy atom. The molecule has 1 atom stereocenters. The molecule has 0 aromatic heterocycles. The summed E-state index contributed by atoms with van der Waals surface area (Å²) in [5.74, 6) is 1.02. The molecule has 0 aliphatic carbocycles. The summed E-state index contributed by atoms with van der Waals surface area (Å²) in [6.45, 7) is 12.0. The van der Waals surface area contributed by atoms with Crippen LogP contribution in [0.3, 0.4) is 0 Å². The van der Waals surface area contributed by atoms with E-state index in [0.29, 0.717) is 6.04 Å². The monoisotopic (exact) mass is 275 g/mol. The predicted molar refractivity (Wildman–Crippen MR) is 87.4 cm³/mol. The lowest BCUT2D eigenvalue weighted by molar-refractivity contribution is 0.299. The van der Waals surface area contributed by atoms with Crippen molar-refractivity contribution in [3.8, 4) is 5.75 Å². The maximum Gasteiger partial charge on any atom is 0.124 e. The molecule has 1 rings (SSSR count). The topological polar surface area (TPSA) is 21.3 Å². The number of aryl methyl sites for hydroxylation is 1. The SMILES string of the molecule is C=CCCCCCOc1ccc(C)cc1C(C)NCC. The summed E-state index contributed by atoms with van der Waals surface area (Å²) < 4.78 is 5.97. The zero-order chi connectivity index (χ0) is 14.8. The van der Waals surface area contributed by atoms with E-state index in [-0.39, 0.29) is 0 Å². The molecule has 1 unspecified atom stereocenters. The van der Waals surface area contributed by atoms with Gasteiger partial charge in [0.1, 0.15) is 5.75 Å². The molecule has 112 valence electrons. The number of nitrogens with one attached hydrogen (secondary N) is 1. The smallest absolute Gasteiger partial charge is 0.124 e. The van der Waals surface area contributed by atoms with Crippen LogP contribution in [0.1, 0.15) is 56.7 Å². The van der Waals surface area contributed by atoms with Crippen molar-refractivity contribution in [3.63, 3.8) is 0 Å². The second-order valence-corrected chi connectivity index (χ2v) is 5.31. The second kappa shape index (κ2) is 9.60. The molecule has 20 heavy (non-hydrogen) atoms. The number of hydrogen-bond donors (Lipinski definition) is 1. The summed E-state index contributed by atoms with van der Waals surface area (Å²) in [5.41, 5.74) is 2.54. The minimum Gasteiger partial charge on any atom is -0.493 e. The third kappa shape index (κ3) is 5.79. The number of allylic oxidation sites excluding steroid dienone is 1. The molecular weight excluding hydrogens is 246 g/mol. The molecular formula is C18H29NO. The third-order valence-electron chi connectivity index (χ3n) is 3.45. The number of hydrogen-bond acceptors (Lipinski definition) is 2. The Balaban J connectivity index is 2.53. The molecule has 0 aliphatic rings. The lowest BCUT2D eigenvalue weighted by Gasteiger charge is -2.18. The molecule has 0 aliphatic heterocycles. The van der Waals surface area contributed by atoms with E-state index in [0.717, 1.165) is 31.7 Å². The summed E-state index contributed by atoms with van der Waals surface area (Å²) >= 11 is 0. The number of unbranched alkanes of at least 4 members (excludes halogenated alkanes) is 3. The van der Waals surface area contributed by atoms with Crippen LogP contribution in [0.15, 0.2) is 30.9 Å². The fourth-order valence-electron chi connectivity index (χ4n) is 2.30. The second-order valence-electron chi connectivity index (χ2n) is 5.31. The van der Waals surface area contributed by atoms with Crippen molar-refractivity contribution in [2.24, 2.45) is 0 Å². The molecule has 0 bridgehead atoms.